The van der Waals surface area contributed by atoms with Crippen LogP contribution in [0, 0.1) is 11.8 Å². The molecule has 0 amide bonds. The maximum atomic E-state index is 10.0. The fourth-order valence-electron chi connectivity index (χ4n) is 2.64. The Morgan fingerprint density at radius 2 is 1.88 bits per heavy atom. The van der Waals surface area contributed by atoms with Gasteiger partial charge in [-0.25, -0.2) is 0 Å². The normalized spacial score (nSPS) is 19.9. The summed E-state index contributed by atoms with van der Waals surface area (Å²) in [4.78, 5) is 2.28. The zero-order valence-corrected chi connectivity index (χ0v) is 11.3. The van der Waals surface area contributed by atoms with Crippen molar-refractivity contribution in [1.29, 1.82) is 0 Å². The van der Waals surface area contributed by atoms with Crippen molar-refractivity contribution in [2.45, 2.75) is 58.5 Å². The Balaban J connectivity index is 2.09. The van der Waals surface area contributed by atoms with E-state index in [0.29, 0.717) is 0 Å². The van der Waals surface area contributed by atoms with E-state index in [4.69, 9.17) is 0 Å². The van der Waals surface area contributed by atoms with Crippen LogP contribution in [0.15, 0.2) is 0 Å². The molecule has 1 N–H and O–H groups in total. The van der Waals surface area contributed by atoms with Gasteiger partial charge >= 0.3 is 0 Å². The van der Waals surface area contributed by atoms with Gasteiger partial charge in [0, 0.05) is 6.54 Å². The lowest BCUT2D eigenvalue weighted by Gasteiger charge is -2.23. The highest BCUT2D eigenvalue weighted by Crippen LogP contribution is 2.28. The van der Waals surface area contributed by atoms with Gasteiger partial charge in [-0.1, -0.05) is 39.5 Å². The predicted molar refractivity (Wildman–Crippen MR) is 69.5 cm³/mol. The van der Waals surface area contributed by atoms with Crippen molar-refractivity contribution in [3.05, 3.63) is 0 Å². The molecular formula is C14H29NO. The summed E-state index contributed by atoms with van der Waals surface area (Å²) >= 11 is 0. The van der Waals surface area contributed by atoms with Crippen LogP contribution in [0.3, 0.4) is 0 Å². The Labute approximate surface area is 101 Å². The number of likely N-dealkylation sites (N-methyl/N-ethyl adjacent to an activating group) is 1. The zero-order chi connectivity index (χ0) is 12.0. The summed E-state index contributed by atoms with van der Waals surface area (Å²) in [7, 11) is 2.13. The Hall–Kier alpha value is -0.0800. The van der Waals surface area contributed by atoms with Gasteiger partial charge in [-0.15, -0.1) is 0 Å². The highest BCUT2D eigenvalue weighted by Gasteiger charge is 2.19. The lowest BCUT2D eigenvalue weighted by Crippen LogP contribution is -2.31. The van der Waals surface area contributed by atoms with Crippen LogP contribution >= 0.6 is 0 Å². The van der Waals surface area contributed by atoms with Gasteiger partial charge in [-0.2, -0.15) is 0 Å². The van der Waals surface area contributed by atoms with E-state index in [1.807, 2.05) is 0 Å². The molecule has 2 heteroatoms. The molecule has 0 bridgehead atoms. The van der Waals surface area contributed by atoms with Gasteiger partial charge in [0.1, 0.15) is 0 Å². The largest absolute Gasteiger partial charge is 0.392 e. The third kappa shape index (κ3) is 5.86. The number of aliphatic hydroxyl groups is 1. The molecule has 0 heterocycles. The maximum absolute atomic E-state index is 10.0. The minimum Gasteiger partial charge on any atom is -0.392 e. The molecule has 1 aliphatic carbocycles. The topological polar surface area (TPSA) is 23.5 Å². The molecular weight excluding hydrogens is 198 g/mol. The van der Waals surface area contributed by atoms with E-state index >= 15 is 0 Å². The van der Waals surface area contributed by atoms with Gasteiger partial charge in [0.2, 0.25) is 0 Å². The monoisotopic (exact) mass is 227 g/mol. The van der Waals surface area contributed by atoms with E-state index in [1.165, 1.54) is 32.1 Å². The number of hydrogen-bond donors (Lipinski definition) is 1. The molecule has 1 saturated carbocycles. The van der Waals surface area contributed by atoms with Crippen molar-refractivity contribution in [2.75, 3.05) is 20.1 Å². The molecule has 0 aliphatic heterocycles. The Morgan fingerprint density at radius 1 is 1.25 bits per heavy atom. The second-order valence-corrected chi connectivity index (χ2v) is 5.98. The van der Waals surface area contributed by atoms with Crippen molar-refractivity contribution in [1.82, 2.24) is 4.90 Å². The van der Waals surface area contributed by atoms with E-state index < -0.39 is 0 Å². The molecule has 0 aromatic heterocycles. The van der Waals surface area contributed by atoms with Crippen LogP contribution < -0.4 is 0 Å². The SMILES string of the molecule is CC(C)CCN(C)CC(O)CC1CCCC1. The van der Waals surface area contributed by atoms with Crippen LogP contribution in [0.2, 0.25) is 0 Å². The first-order chi connectivity index (χ1) is 7.58. The molecule has 96 valence electrons. The van der Waals surface area contributed by atoms with Gasteiger partial charge in [-0.05, 0) is 38.3 Å². The van der Waals surface area contributed by atoms with Gasteiger partial charge in [0.25, 0.3) is 0 Å². The number of aliphatic hydroxyl groups excluding tert-OH is 1. The van der Waals surface area contributed by atoms with E-state index in [0.717, 1.165) is 31.3 Å². The van der Waals surface area contributed by atoms with Crippen molar-refractivity contribution in [2.24, 2.45) is 11.8 Å². The molecule has 1 unspecified atom stereocenters. The van der Waals surface area contributed by atoms with Crippen LogP contribution in [0.1, 0.15) is 52.4 Å². The summed E-state index contributed by atoms with van der Waals surface area (Å²) in [6, 6.07) is 0. The Bertz CT molecular complexity index is 176. The van der Waals surface area contributed by atoms with Crippen LogP contribution in [0.4, 0.5) is 0 Å². The molecule has 1 aliphatic rings. The molecule has 0 aromatic carbocycles. The molecule has 2 nitrogen and oxygen atoms in total. The minimum absolute atomic E-state index is 0.111. The second-order valence-electron chi connectivity index (χ2n) is 5.98. The summed E-state index contributed by atoms with van der Waals surface area (Å²) in [5.41, 5.74) is 0. The first kappa shape index (κ1) is 14.0. The third-order valence-corrected chi connectivity index (χ3v) is 3.69. The van der Waals surface area contributed by atoms with E-state index in [-0.39, 0.29) is 6.10 Å². The summed E-state index contributed by atoms with van der Waals surface area (Å²) in [6.45, 7) is 6.47. The molecule has 0 saturated heterocycles. The molecule has 16 heavy (non-hydrogen) atoms. The lowest BCUT2D eigenvalue weighted by atomic mass is 10.00. The van der Waals surface area contributed by atoms with Gasteiger partial charge in [0.15, 0.2) is 0 Å². The molecule has 0 aromatic rings. The van der Waals surface area contributed by atoms with Crippen molar-refractivity contribution in [3.8, 4) is 0 Å². The van der Waals surface area contributed by atoms with Crippen LogP contribution in [-0.2, 0) is 0 Å². The molecule has 1 fully saturated rings. The second kappa shape index (κ2) is 7.29. The number of nitrogens with zero attached hydrogens (tertiary/aromatic N) is 1. The van der Waals surface area contributed by atoms with E-state index in [1.54, 1.807) is 0 Å². The molecule has 0 radical (unpaired) electrons. The standard InChI is InChI=1S/C14H29NO/c1-12(2)8-9-15(3)11-14(16)10-13-6-4-5-7-13/h12-14,16H,4-11H2,1-3H3. The molecule has 1 rings (SSSR count). The first-order valence-corrected chi connectivity index (χ1v) is 6.94. The van der Waals surface area contributed by atoms with Gasteiger partial charge < -0.3 is 10.0 Å². The summed E-state index contributed by atoms with van der Waals surface area (Å²) in [5, 5.41) is 10.0. The minimum atomic E-state index is -0.111. The first-order valence-electron chi connectivity index (χ1n) is 6.94. The highest BCUT2D eigenvalue weighted by atomic mass is 16.3. The average Bonchev–Trinajstić information content (AvgIpc) is 2.67. The Morgan fingerprint density at radius 3 is 2.44 bits per heavy atom. The molecule has 1 atom stereocenters. The quantitative estimate of drug-likeness (QED) is 0.723. The van der Waals surface area contributed by atoms with Crippen molar-refractivity contribution < 1.29 is 5.11 Å². The smallest absolute Gasteiger partial charge is 0.0669 e. The average molecular weight is 227 g/mol. The van der Waals surface area contributed by atoms with E-state index in [2.05, 4.69) is 25.8 Å². The maximum Gasteiger partial charge on any atom is 0.0669 e. The summed E-state index contributed by atoms with van der Waals surface area (Å²) < 4.78 is 0. The van der Waals surface area contributed by atoms with Gasteiger partial charge in [0.05, 0.1) is 6.10 Å². The third-order valence-electron chi connectivity index (χ3n) is 3.69. The van der Waals surface area contributed by atoms with Crippen LogP contribution in [0.25, 0.3) is 0 Å². The van der Waals surface area contributed by atoms with Crippen LogP contribution in [0.5, 0.6) is 0 Å². The van der Waals surface area contributed by atoms with Crippen molar-refractivity contribution in [3.63, 3.8) is 0 Å². The van der Waals surface area contributed by atoms with E-state index in [9.17, 15) is 5.11 Å². The summed E-state index contributed by atoms with van der Waals surface area (Å²) in [5.74, 6) is 1.56. The highest BCUT2D eigenvalue weighted by molar-refractivity contribution is 4.72. The predicted octanol–water partition coefficient (Wildman–Crippen LogP) is 2.91. The van der Waals surface area contributed by atoms with Gasteiger partial charge in [-0.3, -0.25) is 0 Å². The lowest BCUT2D eigenvalue weighted by molar-refractivity contribution is 0.100. The zero-order valence-electron chi connectivity index (χ0n) is 11.3. The Kier molecular flexibility index (Phi) is 6.37. The molecule has 0 spiro atoms. The van der Waals surface area contributed by atoms with Crippen molar-refractivity contribution >= 4 is 0 Å². The fourth-order valence-corrected chi connectivity index (χ4v) is 2.64. The van der Waals surface area contributed by atoms with Crippen LogP contribution in [-0.4, -0.2) is 36.2 Å². The number of rotatable bonds is 7. The fraction of sp³-hybridized carbons (Fsp3) is 1.00. The summed E-state index contributed by atoms with van der Waals surface area (Å²) in [6.07, 6.45) is 7.57. The number of hydrogen-bond acceptors (Lipinski definition) is 2.